The first-order chi connectivity index (χ1) is 7.97. The van der Waals surface area contributed by atoms with Gasteiger partial charge in [-0.1, -0.05) is 0 Å². The van der Waals surface area contributed by atoms with E-state index in [1.807, 2.05) is 19.0 Å². The summed E-state index contributed by atoms with van der Waals surface area (Å²) in [5, 5.41) is 8.78. The standard InChI is InChI=1S/C10H14N4O2S/c1-14(2)7-6-13-17(15,16)10-4-3-5-12-9(10)8-11/h3-5,13H,6-7H2,1-2H3. The van der Waals surface area contributed by atoms with Crippen LogP contribution in [-0.2, 0) is 10.0 Å². The molecule has 0 atom stereocenters. The second-order valence-electron chi connectivity index (χ2n) is 3.66. The molecule has 0 spiro atoms. The van der Waals surface area contributed by atoms with E-state index in [1.165, 1.54) is 18.3 Å². The van der Waals surface area contributed by atoms with Gasteiger partial charge in [-0.25, -0.2) is 18.1 Å². The third kappa shape index (κ3) is 3.78. The van der Waals surface area contributed by atoms with Gasteiger partial charge in [-0.3, -0.25) is 0 Å². The van der Waals surface area contributed by atoms with Crippen molar-refractivity contribution in [2.75, 3.05) is 27.2 Å². The Kier molecular flexibility index (Phi) is 4.57. The molecule has 1 N–H and O–H groups in total. The Hall–Kier alpha value is -1.49. The van der Waals surface area contributed by atoms with Crippen LogP contribution in [0.3, 0.4) is 0 Å². The van der Waals surface area contributed by atoms with Crippen molar-refractivity contribution in [1.29, 1.82) is 5.26 Å². The second-order valence-corrected chi connectivity index (χ2v) is 5.40. The van der Waals surface area contributed by atoms with E-state index in [1.54, 1.807) is 6.07 Å². The van der Waals surface area contributed by atoms with Gasteiger partial charge in [-0.15, -0.1) is 0 Å². The highest BCUT2D eigenvalue weighted by Crippen LogP contribution is 2.11. The monoisotopic (exact) mass is 254 g/mol. The molecule has 1 aromatic heterocycles. The second kappa shape index (κ2) is 5.72. The van der Waals surface area contributed by atoms with Crippen molar-refractivity contribution in [1.82, 2.24) is 14.6 Å². The zero-order valence-corrected chi connectivity index (χ0v) is 10.5. The van der Waals surface area contributed by atoms with Crippen LogP contribution in [0, 0.1) is 11.3 Å². The van der Waals surface area contributed by atoms with E-state index in [2.05, 4.69) is 9.71 Å². The lowest BCUT2D eigenvalue weighted by Crippen LogP contribution is -2.31. The zero-order valence-electron chi connectivity index (χ0n) is 9.71. The lowest BCUT2D eigenvalue weighted by atomic mass is 10.4. The molecule has 0 aliphatic rings. The number of nitrogens with one attached hydrogen (secondary N) is 1. The van der Waals surface area contributed by atoms with Crippen LogP contribution in [0.5, 0.6) is 0 Å². The third-order valence-electron chi connectivity index (χ3n) is 2.02. The Labute approximate surface area is 101 Å². The van der Waals surface area contributed by atoms with Crippen molar-refractivity contribution in [2.24, 2.45) is 0 Å². The Balaban J connectivity index is 2.87. The normalized spacial score (nSPS) is 11.4. The first kappa shape index (κ1) is 13.6. The SMILES string of the molecule is CN(C)CCNS(=O)(=O)c1cccnc1C#N. The number of nitriles is 1. The maximum atomic E-state index is 11.9. The van der Waals surface area contributed by atoms with Crippen molar-refractivity contribution in [3.05, 3.63) is 24.0 Å². The molecule has 7 heteroatoms. The predicted molar refractivity (Wildman–Crippen MR) is 62.7 cm³/mol. The molecule has 0 fully saturated rings. The van der Waals surface area contributed by atoms with Crippen LogP contribution in [0.2, 0.25) is 0 Å². The van der Waals surface area contributed by atoms with Crippen LogP contribution in [0.1, 0.15) is 5.69 Å². The summed E-state index contributed by atoms with van der Waals surface area (Å²) in [4.78, 5) is 5.49. The molecule has 6 nitrogen and oxygen atoms in total. The fourth-order valence-electron chi connectivity index (χ4n) is 1.17. The highest BCUT2D eigenvalue weighted by Gasteiger charge is 2.18. The molecular formula is C10H14N4O2S. The Morgan fingerprint density at radius 3 is 2.82 bits per heavy atom. The number of nitrogens with zero attached hydrogens (tertiary/aromatic N) is 3. The van der Waals surface area contributed by atoms with Gasteiger partial charge in [0, 0.05) is 19.3 Å². The molecule has 0 aliphatic heterocycles. The number of sulfonamides is 1. The average molecular weight is 254 g/mol. The lowest BCUT2D eigenvalue weighted by Gasteiger charge is -2.11. The van der Waals surface area contributed by atoms with Crippen molar-refractivity contribution in [3.8, 4) is 6.07 Å². The van der Waals surface area contributed by atoms with Crippen molar-refractivity contribution < 1.29 is 8.42 Å². The minimum Gasteiger partial charge on any atom is -0.308 e. The van der Waals surface area contributed by atoms with E-state index in [0.717, 1.165) is 0 Å². The summed E-state index contributed by atoms with van der Waals surface area (Å²) in [6, 6.07) is 4.61. The van der Waals surface area contributed by atoms with E-state index in [4.69, 9.17) is 5.26 Å². The van der Waals surface area contributed by atoms with Crippen molar-refractivity contribution in [2.45, 2.75) is 4.90 Å². The quantitative estimate of drug-likeness (QED) is 0.786. The number of hydrogen-bond acceptors (Lipinski definition) is 5. The summed E-state index contributed by atoms with van der Waals surface area (Å²) in [7, 11) is 0.0322. The van der Waals surface area contributed by atoms with Crippen LogP contribution in [0.4, 0.5) is 0 Å². The number of rotatable bonds is 5. The van der Waals surface area contributed by atoms with Gasteiger partial charge in [0.25, 0.3) is 0 Å². The van der Waals surface area contributed by atoms with E-state index < -0.39 is 10.0 Å². The average Bonchev–Trinajstić information content (AvgIpc) is 2.28. The summed E-state index contributed by atoms with van der Waals surface area (Å²) in [5.41, 5.74) is -0.0927. The maximum Gasteiger partial charge on any atom is 0.243 e. The molecule has 1 heterocycles. The highest BCUT2D eigenvalue weighted by molar-refractivity contribution is 7.89. The molecule has 1 rings (SSSR count). The van der Waals surface area contributed by atoms with E-state index in [9.17, 15) is 8.42 Å². The van der Waals surface area contributed by atoms with E-state index in [0.29, 0.717) is 6.54 Å². The molecule has 1 aromatic rings. The number of hydrogen-bond donors (Lipinski definition) is 1. The number of aromatic nitrogens is 1. The van der Waals surface area contributed by atoms with Crippen LogP contribution < -0.4 is 4.72 Å². The molecule has 0 unspecified atom stereocenters. The molecule has 0 aromatic carbocycles. The minimum atomic E-state index is -3.66. The van der Waals surface area contributed by atoms with Gasteiger partial charge < -0.3 is 4.90 Å². The minimum absolute atomic E-state index is 0.0822. The van der Waals surface area contributed by atoms with E-state index in [-0.39, 0.29) is 17.1 Å². The van der Waals surface area contributed by atoms with Gasteiger partial charge >= 0.3 is 0 Å². The molecule has 0 saturated heterocycles. The van der Waals surface area contributed by atoms with E-state index >= 15 is 0 Å². The summed E-state index contributed by atoms with van der Waals surface area (Å²) in [6.45, 7) is 0.872. The highest BCUT2D eigenvalue weighted by atomic mass is 32.2. The van der Waals surface area contributed by atoms with Gasteiger partial charge in [0.05, 0.1) is 0 Å². The van der Waals surface area contributed by atoms with Gasteiger partial charge in [0.15, 0.2) is 5.69 Å². The Morgan fingerprint density at radius 1 is 1.53 bits per heavy atom. The van der Waals surface area contributed by atoms with Crippen molar-refractivity contribution >= 4 is 10.0 Å². The number of pyridine rings is 1. The summed E-state index contributed by atoms with van der Waals surface area (Å²) in [6.07, 6.45) is 1.39. The maximum absolute atomic E-state index is 11.9. The zero-order chi connectivity index (χ0) is 12.9. The fraction of sp³-hybridized carbons (Fsp3) is 0.400. The Bertz CT molecular complexity index is 519. The first-order valence-electron chi connectivity index (χ1n) is 4.97. The Morgan fingerprint density at radius 2 is 2.24 bits per heavy atom. The van der Waals surface area contributed by atoms with Gasteiger partial charge in [-0.05, 0) is 26.2 Å². The fourth-order valence-corrected chi connectivity index (χ4v) is 2.30. The lowest BCUT2D eigenvalue weighted by molar-refractivity contribution is 0.412. The molecule has 0 aliphatic carbocycles. The molecular weight excluding hydrogens is 240 g/mol. The van der Waals surface area contributed by atoms with Crippen LogP contribution in [-0.4, -0.2) is 45.5 Å². The number of likely N-dealkylation sites (N-methyl/N-ethyl adjacent to an activating group) is 1. The van der Waals surface area contributed by atoms with Crippen LogP contribution in [0.25, 0.3) is 0 Å². The smallest absolute Gasteiger partial charge is 0.243 e. The molecule has 92 valence electrons. The van der Waals surface area contributed by atoms with Crippen LogP contribution >= 0.6 is 0 Å². The van der Waals surface area contributed by atoms with Gasteiger partial charge in [0.1, 0.15) is 11.0 Å². The van der Waals surface area contributed by atoms with Gasteiger partial charge in [-0.2, -0.15) is 5.26 Å². The molecule has 0 radical (unpaired) electrons. The molecule has 0 saturated carbocycles. The van der Waals surface area contributed by atoms with Crippen molar-refractivity contribution in [3.63, 3.8) is 0 Å². The predicted octanol–water partition coefficient (Wildman–Crippen LogP) is -0.207. The van der Waals surface area contributed by atoms with Gasteiger partial charge in [0.2, 0.25) is 10.0 Å². The third-order valence-corrected chi connectivity index (χ3v) is 3.51. The molecule has 0 bridgehead atoms. The summed E-state index contributed by atoms with van der Waals surface area (Å²) < 4.78 is 26.2. The molecule has 17 heavy (non-hydrogen) atoms. The molecule has 0 amide bonds. The topological polar surface area (TPSA) is 86.1 Å². The first-order valence-corrected chi connectivity index (χ1v) is 6.45. The summed E-state index contributed by atoms with van der Waals surface area (Å²) in [5.74, 6) is 0. The largest absolute Gasteiger partial charge is 0.308 e. The van der Waals surface area contributed by atoms with Crippen LogP contribution in [0.15, 0.2) is 23.2 Å². The summed E-state index contributed by atoms with van der Waals surface area (Å²) >= 11 is 0.